The molecule has 2 rings (SSSR count). The van der Waals surface area contributed by atoms with Gasteiger partial charge >= 0.3 is 5.97 Å². The van der Waals surface area contributed by atoms with Crippen LogP contribution in [0.2, 0.25) is 0 Å². The summed E-state index contributed by atoms with van der Waals surface area (Å²) in [6.07, 6.45) is 1.78. The number of hydrogen-bond donors (Lipinski definition) is 1. The van der Waals surface area contributed by atoms with Gasteiger partial charge in [0.05, 0.1) is 5.69 Å². The summed E-state index contributed by atoms with van der Waals surface area (Å²) in [6, 6.07) is 7.48. The van der Waals surface area contributed by atoms with Crippen LogP contribution < -0.4 is 0 Å². The fourth-order valence-corrected chi connectivity index (χ4v) is 2.29. The summed E-state index contributed by atoms with van der Waals surface area (Å²) in [5, 5.41) is 13.2. The molecule has 1 aromatic carbocycles. The summed E-state index contributed by atoms with van der Waals surface area (Å²) < 4.78 is 14.6. The standard InChI is InChI=1S/C15H17FN2O2/c1-3-10(4-2)14-9-13(15(19)20)17-18(14)12-7-5-11(16)6-8-12/h5-10H,3-4H2,1-2H3,(H,19,20). The van der Waals surface area contributed by atoms with E-state index in [9.17, 15) is 9.18 Å². The zero-order valence-corrected chi connectivity index (χ0v) is 11.5. The predicted octanol–water partition coefficient (Wildman–Crippen LogP) is 3.61. The Balaban J connectivity index is 2.54. The van der Waals surface area contributed by atoms with Gasteiger partial charge in [0.15, 0.2) is 5.69 Å². The molecule has 0 aliphatic rings. The van der Waals surface area contributed by atoms with Crippen LogP contribution >= 0.6 is 0 Å². The number of aromatic carboxylic acids is 1. The highest BCUT2D eigenvalue weighted by molar-refractivity contribution is 5.85. The number of carboxylic acids is 1. The second-order valence-electron chi connectivity index (χ2n) is 4.66. The van der Waals surface area contributed by atoms with E-state index in [1.165, 1.54) is 12.1 Å². The number of hydrogen-bond acceptors (Lipinski definition) is 2. The van der Waals surface area contributed by atoms with Crippen LogP contribution in [-0.2, 0) is 0 Å². The first-order valence-corrected chi connectivity index (χ1v) is 6.66. The molecule has 0 aliphatic heterocycles. The third-order valence-corrected chi connectivity index (χ3v) is 3.43. The van der Waals surface area contributed by atoms with Gasteiger partial charge in [-0.1, -0.05) is 13.8 Å². The molecule has 1 heterocycles. The van der Waals surface area contributed by atoms with Gasteiger partial charge in [-0.25, -0.2) is 13.9 Å². The van der Waals surface area contributed by atoms with E-state index >= 15 is 0 Å². The summed E-state index contributed by atoms with van der Waals surface area (Å²) in [5.41, 5.74) is 1.52. The minimum Gasteiger partial charge on any atom is -0.476 e. The fraction of sp³-hybridized carbons (Fsp3) is 0.333. The Morgan fingerprint density at radius 1 is 1.30 bits per heavy atom. The van der Waals surface area contributed by atoms with E-state index < -0.39 is 5.97 Å². The second kappa shape index (κ2) is 5.86. The molecule has 0 bridgehead atoms. The number of aromatic nitrogens is 2. The van der Waals surface area contributed by atoms with E-state index in [0.717, 1.165) is 18.5 Å². The first-order valence-electron chi connectivity index (χ1n) is 6.66. The van der Waals surface area contributed by atoms with Crippen molar-refractivity contribution in [2.24, 2.45) is 0 Å². The molecule has 0 unspecified atom stereocenters. The number of halogens is 1. The molecular formula is C15H17FN2O2. The summed E-state index contributed by atoms with van der Waals surface area (Å²) in [4.78, 5) is 11.1. The average molecular weight is 276 g/mol. The Kier molecular flexibility index (Phi) is 4.17. The molecular weight excluding hydrogens is 259 g/mol. The number of benzene rings is 1. The molecule has 0 saturated carbocycles. The fourth-order valence-electron chi connectivity index (χ4n) is 2.29. The molecule has 5 heteroatoms. The maximum atomic E-state index is 13.0. The Morgan fingerprint density at radius 2 is 1.90 bits per heavy atom. The van der Waals surface area contributed by atoms with Crippen molar-refractivity contribution in [3.05, 3.63) is 47.5 Å². The molecule has 1 aromatic heterocycles. The van der Waals surface area contributed by atoms with Crippen molar-refractivity contribution in [1.82, 2.24) is 9.78 Å². The van der Waals surface area contributed by atoms with Gasteiger partial charge in [0.25, 0.3) is 0 Å². The summed E-state index contributed by atoms with van der Waals surface area (Å²) >= 11 is 0. The lowest BCUT2D eigenvalue weighted by molar-refractivity contribution is 0.0690. The lowest BCUT2D eigenvalue weighted by Crippen LogP contribution is -2.07. The van der Waals surface area contributed by atoms with Gasteiger partial charge in [-0.3, -0.25) is 0 Å². The highest BCUT2D eigenvalue weighted by Crippen LogP contribution is 2.26. The van der Waals surface area contributed by atoms with Crippen molar-refractivity contribution in [2.75, 3.05) is 0 Å². The van der Waals surface area contributed by atoms with Crippen LogP contribution in [0.25, 0.3) is 5.69 Å². The molecule has 4 nitrogen and oxygen atoms in total. The van der Waals surface area contributed by atoms with Crippen LogP contribution in [0.4, 0.5) is 4.39 Å². The molecule has 0 spiro atoms. The van der Waals surface area contributed by atoms with Gasteiger partial charge in [0, 0.05) is 11.6 Å². The maximum absolute atomic E-state index is 13.0. The molecule has 0 radical (unpaired) electrons. The first kappa shape index (κ1) is 14.2. The smallest absolute Gasteiger partial charge is 0.356 e. The number of carbonyl (C=O) groups is 1. The molecule has 2 aromatic rings. The van der Waals surface area contributed by atoms with Gasteiger partial charge in [0.2, 0.25) is 0 Å². The van der Waals surface area contributed by atoms with E-state index in [0.29, 0.717) is 5.69 Å². The van der Waals surface area contributed by atoms with Crippen molar-refractivity contribution < 1.29 is 14.3 Å². The zero-order valence-electron chi connectivity index (χ0n) is 11.5. The third-order valence-electron chi connectivity index (χ3n) is 3.43. The minimum atomic E-state index is -1.06. The summed E-state index contributed by atoms with van der Waals surface area (Å²) in [6.45, 7) is 4.10. The molecule has 1 N–H and O–H groups in total. The Hall–Kier alpha value is -2.17. The number of nitrogens with zero attached hydrogens (tertiary/aromatic N) is 2. The normalized spacial score (nSPS) is 11.0. The van der Waals surface area contributed by atoms with Gasteiger partial charge < -0.3 is 5.11 Å². The minimum absolute atomic E-state index is 0.0104. The van der Waals surface area contributed by atoms with E-state index in [-0.39, 0.29) is 17.4 Å². The maximum Gasteiger partial charge on any atom is 0.356 e. The second-order valence-corrected chi connectivity index (χ2v) is 4.66. The van der Waals surface area contributed by atoms with E-state index in [1.807, 2.05) is 0 Å². The molecule has 0 saturated heterocycles. The topological polar surface area (TPSA) is 55.1 Å². The molecule has 0 fully saturated rings. The summed E-state index contributed by atoms with van der Waals surface area (Å²) in [5.74, 6) is -1.16. The van der Waals surface area contributed by atoms with E-state index in [1.54, 1.807) is 22.9 Å². The molecule has 0 atom stereocenters. The molecule has 20 heavy (non-hydrogen) atoms. The van der Waals surface area contributed by atoms with Crippen LogP contribution in [0.5, 0.6) is 0 Å². The van der Waals surface area contributed by atoms with Gasteiger partial charge in [-0.15, -0.1) is 0 Å². The number of carboxylic acid groups (broad SMARTS) is 1. The van der Waals surface area contributed by atoms with Crippen LogP contribution in [-0.4, -0.2) is 20.9 Å². The SMILES string of the molecule is CCC(CC)c1cc(C(=O)O)nn1-c1ccc(F)cc1. The summed E-state index contributed by atoms with van der Waals surface area (Å²) in [7, 11) is 0. The first-order chi connectivity index (χ1) is 9.56. The zero-order chi connectivity index (χ0) is 14.7. The quantitative estimate of drug-likeness (QED) is 0.907. The molecule has 0 amide bonds. The highest BCUT2D eigenvalue weighted by atomic mass is 19.1. The number of rotatable bonds is 5. The van der Waals surface area contributed by atoms with E-state index in [4.69, 9.17) is 5.11 Å². The molecule has 0 aliphatic carbocycles. The van der Waals surface area contributed by atoms with Gasteiger partial charge in [-0.05, 0) is 43.2 Å². The van der Waals surface area contributed by atoms with E-state index in [2.05, 4.69) is 18.9 Å². The van der Waals surface area contributed by atoms with Crippen LogP contribution in [0, 0.1) is 5.82 Å². The van der Waals surface area contributed by atoms with Crippen molar-refractivity contribution in [3.63, 3.8) is 0 Å². The highest BCUT2D eigenvalue weighted by Gasteiger charge is 2.19. The lowest BCUT2D eigenvalue weighted by atomic mass is 9.99. The van der Waals surface area contributed by atoms with Crippen LogP contribution in [0.1, 0.15) is 48.8 Å². The molecule has 106 valence electrons. The van der Waals surface area contributed by atoms with Crippen LogP contribution in [0.3, 0.4) is 0 Å². The Labute approximate surface area is 116 Å². The average Bonchev–Trinajstić information content (AvgIpc) is 2.86. The van der Waals surface area contributed by atoms with Crippen LogP contribution in [0.15, 0.2) is 30.3 Å². The monoisotopic (exact) mass is 276 g/mol. The Bertz CT molecular complexity index is 601. The van der Waals surface area contributed by atoms with Gasteiger partial charge in [-0.2, -0.15) is 5.10 Å². The predicted molar refractivity (Wildman–Crippen MR) is 73.8 cm³/mol. The van der Waals surface area contributed by atoms with Crippen molar-refractivity contribution in [3.8, 4) is 5.69 Å². The largest absolute Gasteiger partial charge is 0.476 e. The van der Waals surface area contributed by atoms with Crippen molar-refractivity contribution in [1.29, 1.82) is 0 Å². The lowest BCUT2D eigenvalue weighted by Gasteiger charge is -2.14. The van der Waals surface area contributed by atoms with Gasteiger partial charge in [0.1, 0.15) is 5.82 Å². The third kappa shape index (κ3) is 2.71. The Morgan fingerprint density at radius 3 is 2.40 bits per heavy atom. The van der Waals surface area contributed by atoms with Crippen molar-refractivity contribution >= 4 is 5.97 Å². The van der Waals surface area contributed by atoms with Crippen molar-refractivity contribution in [2.45, 2.75) is 32.6 Å².